The van der Waals surface area contributed by atoms with Gasteiger partial charge in [0.1, 0.15) is 11.8 Å². The Labute approximate surface area is 144 Å². The van der Waals surface area contributed by atoms with Crippen LogP contribution >= 0.6 is 11.3 Å². The fourth-order valence-electron chi connectivity index (χ4n) is 2.71. The quantitative estimate of drug-likeness (QED) is 0.928. The Hall–Kier alpha value is -2.25. The Morgan fingerprint density at radius 2 is 2.04 bits per heavy atom. The van der Waals surface area contributed by atoms with E-state index < -0.39 is 0 Å². The summed E-state index contributed by atoms with van der Waals surface area (Å²) in [6, 6.07) is 9.89. The van der Waals surface area contributed by atoms with E-state index in [1.807, 2.05) is 37.3 Å². The molecule has 2 amide bonds. The maximum atomic E-state index is 12.7. The molecule has 2 atom stereocenters. The van der Waals surface area contributed by atoms with E-state index in [1.165, 1.54) is 18.3 Å². The molecule has 0 bridgehead atoms. The van der Waals surface area contributed by atoms with Gasteiger partial charge in [0.15, 0.2) is 5.13 Å². The first kappa shape index (κ1) is 16.6. The minimum Gasteiger partial charge on any atom is -0.367 e. The maximum Gasteiger partial charge on any atom is 0.273 e. The maximum absolute atomic E-state index is 12.7. The highest BCUT2D eigenvalue weighted by atomic mass is 32.1. The first-order valence-corrected chi connectivity index (χ1v) is 8.63. The molecule has 0 aliphatic carbocycles. The monoisotopic (exact) mass is 345 g/mol. The van der Waals surface area contributed by atoms with Crippen LogP contribution in [0.25, 0.3) is 0 Å². The number of ether oxygens (including phenoxy) is 1. The van der Waals surface area contributed by atoms with E-state index in [4.69, 9.17) is 4.74 Å². The van der Waals surface area contributed by atoms with Crippen LogP contribution in [0, 0.1) is 0 Å². The Bertz CT molecular complexity index is 732. The van der Waals surface area contributed by atoms with Crippen molar-refractivity contribution in [2.24, 2.45) is 0 Å². The number of amides is 2. The standard InChI is InChI=1S/C17H19N3O3S/c1-11-8-20(9-15(23-11)13-6-4-3-5-7-13)16(22)14-10-24-17(19-14)18-12(2)21/h3-7,10-11,15H,8-9H2,1-2H3,(H,18,19,21)/t11-,15+/m1/s1. The van der Waals surface area contributed by atoms with Crippen LogP contribution in [0.3, 0.4) is 0 Å². The van der Waals surface area contributed by atoms with E-state index in [0.717, 1.165) is 5.56 Å². The summed E-state index contributed by atoms with van der Waals surface area (Å²) in [7, 11) is 0. The van der Waals surface area contributed by atoms with Crippen LogP contribution in [0.5, 0.6) is 0 Å². The molecule has 2 heterocycles. The third-order valence-electron chi connectivity index (χ3n) is 3.73. The molecule has 0 spiro atoms. The summed E-state index contributed by atoms with van der Waals surface area (Å²) >= 11 is 1.25. The van der Waals surface area contributed by atoms with Crippen LogP contribution in [0.4, 0.5) is 5.13 Å². The highest BCUT2D eigenvalue weighted by molar-refractivity contribution is 7.14. The largest absolute Gasteiger partial charge is 0.367 e. The molecule has 1 aromatic carbocycles. The smallest absolute Gasteiger partial charge is 0.273 e. The summed E-state index contributed by atoms with van der Waals surface area (Å²) in [6.07, 6.45) is -0.200. The summed E-state index contributed by atoms with van der Waals surface area (Å²) in [5.41, 5.74) is 1.41. The van der Waals surface area contributed by atoms with Crippen LogP contribution in [0.2, 0.25) is 0 Å². The normalized spacial score (nSPS) is 20.7. The summed E-state index contributed by atoms with van der Waals surface area (Å²) < 4.78 is 5.98. The van der Waals surface area contributed by atoms with Crippen molar-refractivity contribution < 1.29 is 14.3 Å². The molecule has 1 fully saturated rings. The van der Waals surface area contributed by atoms with Gasteiger partial charge in [0, 0.05) is 18.8 Å². The molecule has 1 aliphatic rings. The zero-order chi connectivity index (χ0) is 17.1. The second-order valence-corrected chi connectivity index (χ2v) is 6.63. The van der Waals surface area contributed by atoms with Crippen molar-refractivity contribution in [3.63, 3.8) is 0 Å². The number of rotatable bonds is 3. The Kier molecular flexibility index (Phi) is 4.92. The van der Waals surface area contributed by atoms with Gasteiger partial charge in [0.2, 0.25) is 5.91 Å². The molecule has 1 aromatic heterocycles. The fourth-order valence-corrected chi connectivity index (χ4v) is 3.44. The van der Waals surface area contributed by atoms with Gasteiger partial charge in [-0.3, -0.25) is 9.59 Å². The lowest BCUT2D eigenvalue weighted by Gasteiger charge is -2.36. The second-order valence-electron chi connectivity index (χ2n) is 5.78. The van der Waals surface area contributed by atoms with Gasteiger partial charge in [-0.1, -0.05) is 30.3 Å². The molecule has 1 N–H and O–H groups in total. The molecule has 24 heavy (non-hydrogen) atoms. The third kappa shape index (κ3) is 3.80. The van der Waals surface area contributed by atoms with E-state index in [9.17, 15) is 9.59 Å². The minimum absolute atomic E-state index is 0.0543. The van der Waals surface area contributed by atoms with Gasteiger partial charge in [-0.15, -0.1) is 11.3 Å². The molecule has 1 saturated heterocycles. The van der Waals surface area contributed by atoms with Crippen LogP contribution in [-0.2, 0) is 9.53 Å². The first-order valence-electron chi connectivity index (χ1n) is 7.75. The van der Waals surface area contributed by atoms with Crippen molar-refractivity contribution in [2.75, 3.05) is 18.4 Å². The highest BCUT2D eigenvalue weighted by Gasteiger charge is 2.30. The molecule has 7 heteroatoms. The zero-order valence-corrected chi connectivity index (χ0v) is 14.4. The number of carbonyl (C=O) groups excluding carboxylic acids is 2. The predicted octanol–water partition coefficient (Wildman–Crippen LogP) is 2.70. The second kappa shape index (κ2) is 7.11. The lowest BCUT2D eigenvalue weighted by molar-refractivity contribution is -0.114. The number of morpholine rings is 1. The van der Waals surface area contributed by atoms with Crippen LogP contribution < -0.4 is 5.32 Å². The molecule has 2 aromatic rings. The number of carbonyl (C=O) groups is 2. The van der Waals surface area contributed by atoms with Gasteiger partial charge in [-0.05, 0) is 12.5 Å². The third-order valence-corrected chi connectivity index (χ3v) is 4.48. The molecule has 1 aliphatic heterocycles. The average molecular weight is 345 g/mol. The van der Waals surface area contributed by atoms with Crippen molar-refractivity contribution >= 4 is 28.3 Å². The predicted molar refractivity (Wildman–Crippen MR) is 92.1 cm³/mol. The van der Waals surface area contributed by atoms with Gasteiger partial charge in [0.25, 0.3) is 5.91 Å². The van der Waals surface area contributed by atoms with Gasteiger partial charge in [0.05, 0.1) is 12.6 Å². The summed E-state index contributed by atoms with van der Waals surface area (Å²) in [6.45, 7) is 4.38. The summed E-state index contributed by atoms with van der Waals surface area (Å²) in [4.78, 5) is 29.8. The van der Waals surface area contributed by atoms with E-state index in [-0.39, 0.29) is 24.0 Å². The van der Waals surface area contributed by atoms with Gasteiger partial charge in [-0.25, -0.2) is 4.98 Å². The van der Waals surface area contributed by atoms with E-state index in [1.54, 1.807) is 10.3 Å². The fraction of sp³-hybridized carbons (Fsp3) is 0.353. The molecule has 126 valence electrons. The van der Waals surface area contributed by atoms with Crippen LogP contribution in [0.1, 0.15) is 36.0 Å². The molecular weight excluding hydrogens is 326 g/mol. The number of aromatic nitrogens is 1. The molecule has 0 saturated carbocycles. The lowest BCUT2D eigenvalue weighted by atomic mass is 10.1. The van der Waals surface area contributed by atoms with E-state index in [2.05, 4.69) is 10.3 Å². The average Bonchev–Trinajstić information content (AvgIpc) is 3.02. The number of benzene rings is 1. The molecule has 3 rings (SSSR count). The zero-order valence-electron chi connectivity index (χ0n) is 13.6. The van der Waals surface area contributed by atoms with E-state index in [0.29, 0.717) is 23.9 Å². The molecular formula is C17H19N3O3S. The van der Waals surface area contributed by atoms with Crippen molar-refractivity contribution in [3.05, 3.63) is 47.0 Å². The SMILES string of the molecule is CC(=O)Nc1nc(C(=O)N2C[C@@H](C)O[C@H](c3ccccc3)C2)cs1. The number of hydrogen-bond donors (Lipinski definition) is 1. The number of nitrogens with one attached hydrogen (secondary N) is 1. The number of anilines is 1. The van der Waals surface area contributed by atoms with Crippen molar-refractivity contribution in [2.45, 2.75) is 26.1 Å². The number of thiazole rings is 1. The van der Waals surface area contributed by atoms with Gasteiger partial charge in [-0.2, -0.15) is 0 Å². The lowest BCUT2D eigenvalue weighted by Crippen LogP contribution is -2.46. The number of nitrogens with zero attached hydrogens (tertiary/aromatic N) is 2. The first-order chi connectivity index (χ1) is 11.5. The van der Waals surface area contributed by atoms with Crippen molar-refractivity contribution in [3.8, 4) is 0 Å². The Morgan fingerprint density at radius 1 is 1.29 bits per heavy atom. The summed E-state index contributed by atoms with van der Waals surface area (Å²) in [5, 5.41) is 4.71. The van der Waals surface area contributed by atoms with Crippen molar-refractivity contribution in [1.29, 1.82) is 0 Å². The van der Waals surface area contributed by atoms with Gasteiger partial charge < -0.3 is 15.0 Å². The number of hydrogen-bond acceptors (Lipinski definition) is 5. The Balaban J connectivity index is 1.74. The van der Waals surface area contributed by atoms with Crippen molar-refractivity contribution in [1.82, 2.24) is 9.88 Å². The van der Waals surface area contributed by atoms with Crippen LogP contribution in [-0.4, -0.2) is 40.9 Å². The van der Waals surface area contributed by atoms with Gasteiger partial charge >= 0.3 is 0 Å². The minimum atomic E-state index is -0.201. The topological polar surface area (TPSA) is 71.5 Å². The highest BCUT2D eigenvalue weighted by Crippen LogP contribution is 2.26. The van der Waals surface area contributed by atoms with Crippen LogP contribution in [0.15, 0.2) is 35.7 Å². The Morgan fingerprint density at radius 3 is 2.75 bits per heavy atom. The molecule has 6 nitrogen and oxygen atoms in total. The summed E-state index contributed by atoms with van der Waals surface area (Å²) in [5.74, 6) is -0.341. The van der Waals surface area contributed by atoms with E-state index >= 15 is 0 Å². The molecule has 0 radical (unpaired) electrons. The molecule has 0 unspecified atom stereocenters.